The van der Waals surface area contributed by atoms with Gasteiger partial charge in [0.2, 0.25) is 0 Å². The van der Waals surface area contributed by atoms with Gasteiger partial charge in [-0.25, -0.2) is 14.8 Å². The van der Waals surface area contributed by atoms with Gasteiger partial charge in [0.15, 0.2) is 0 Å². The number of nitrogens with zero attached hydrogens (tertiary/aromatic N) is 6. The van der Waals surface area contributed by atoms with Crippen LogP contribution in [0.5, 0.6) is 0 Å². The summed E-state index contributed by atoms with van der Waals surface area (Å²) < 4.78 is 0. The second-order valence-electron chi connectivity index (χ2n) is 7.11. The Hall–Kier alpha value is -2.74. The van der Waals surface area contributed by atoms with Crippen molar-refractivity contribution in [3.05, 3.63) is 42.5 Å². The van der Waals surface area contributed by atoms with Crippen molar-refractivity contribution in [1.82, 2.24) is 24.8 Å². The van der Waals surface area contributed by atoms with E-state index in [-0.39, 0.29) is 12.1 Å². The van der Waals surface area contributed by atoms with Crippen molar-refractivity contribution >= 4 is 17.7 Å². The van der Waals surface area contributed by atoms with Gasteiger partial charge in [-0.2, -0.15) is 0 Å². The van der Waals surface area contributed by atoms with Crippen LogP contribution in [0.3, 0.4) is 0 Å². The molecule has 1 fully saturated rings. The molecule has 0 atom stereocenters. The molecule has 1 aliphatic rings. The lowest BCUT2D eigenvalue weighted by atomic mass is 10.0. The molecular formula is C19H27N7O. The predicted molar refractivity (Wildman–Crippen MR) is 106 cm³/mol. The number of hydrogen-bond donors (Lipinski definition) is 1. The molecule has 8 heteroatoms. The minimum Gasteiger partial charge on any atom is -0.355 e. The average molecular weight is 369 g/mol. The summed E-state index contributed by atoms with van der Waals surface area (Å²) in [6, 6.07) is 3.95. The molecule has 2 aromatic rings. The Balaban J connectivity index is 1.54. The zero-order chi connectivity index (χ0) is 19.2. The molecule has 1 N–H and O–H groups in total. The molecule has 0 saturated carbocycles. The molecule has 2 amide bonds. The van der Waals surface area contributed by atoms with Crippen LogP contribution in [0.2, 0.25) is 0 Å². The summed E-state index contributed by atoms with van der Waals surface area (Å²) in [4.78, 5) is 31.4. The molecule has 3 heterocycles. The molecule has 0 radical (unpaired) electrons. The fourth-order valence-corrected chi connectivity index (χ4v) is 3.31. The lowest BCUT2D eigenvalue weighted by Crippen LogP contribution is -2.47. The Morgan fingerprint density at radius 2 is 1.96 bits per heavy atom. The number of piperidine rings is 1. The highest BCUT2D eigenvalue weighted by atomic mass is 16.2. The number of pyridine rings is 1. The fraction of sp³-hybridized carbons (Fsp3) is 0.474. The Bertz CT molecular complexity index is 745. The number of aromatic nitrogens is 3. The molecule has 0 aromatic carbocycles. The van der Waals surface area contributed by atoms with E-state index in [1.54, 1.807) is 29.7 Å². The van der Waals surface area contributed by atoms with Gasteiger partial charge in [-0.15, -0.1) is 0 Å². The van der Waals surface area contributed by atoms with Gasteiger partial charge < -0.3 is 14.7 Å². The number of amides is 2. The second-order valence-corrected chi connectivity index (χ2v) is 7.11. The first-order chi connectivity index (χ1) is 13.0. The number of rotatable bonds is 5. The molecule has 1 saturated heterocycles. The Labute approximate surface area is 160 Å². The van der Waals surface area contributed by atoms with E-state index in [9.17, 15) is 4.79 Å². The van der Waals surface area contributed by atoms with Crippen LogP contribution < -0.4 is 10.2 Å². The van der Waals surface area contributed by atoms with Gasteiger partial charge in [-0.3, -0.25) is 10.3 Å². The van der Waals surface area contributed by atoms with Crippen molar-refractivity contribution in [2.24, 2.45) is 0 Å². The topological polar surface area (TPSA) is 77.5 Å². The highest BCUT2D eigenvalue weighted by Crippen LogP contribution is 2.20. The molecule has 0 bridgehead atoms. The number of carbonyl (C=O) groups excluding carboxylic acids is 1. The van der Waals surface area contributed by atoms with Crippen molar-refractivity contribution in [2.45, 2.75) is 25.4 Å². The summed E-state index contributed by atoms with van der Waals surface area (Å²) in [6.45, 7) is 2.52. The molecule has 8 nitrogen and oxygen atoms in total. The molecule has 0 aliphatic carbocycles. The van der Waals surface area contributed by atoms with Gasteiger partial charge in [0.25, 0.3) is 0 Å². The molecule has 144 valence electrons. The third-order valence-corrected chi connectivity index (χ3v) is 4.76. The Morgan fingerprint density at radius 1 is 1.19 bits per heavy atom. The molecule has 0 spiro atoms. The van der Waals surface area contributed by atoms with Crippen LogP contribution in [0.4, 0.5) is 16.4 Å². The maximum atomic E-state index is 12.6. The number of anilines is 2. The Kier molecular flexibility index (Phi) is 6.18. The molecule has 27 heavy (non-hydrogen) atoms. The zero-order valence-corrected chi connectivity index (χ0v) is 16.2. The van der Waals surface area contributed by atoms with Gasteiger partial charge in [0, 0.05) is 51.3 Å². The fourth-order valence-electron chi connectivity index (χ4n) is 3.31. The van der Waals surface area contributed by atoms with Crippen LogP contribution in [-0.2, 0) is 6.54 Å². The average Bonchev–Trinajstić information content (AvgIpc) is 2.68. The van der Waals surface area contributed by atoms with Gasteiger partial charge >= 0.3 is 6.03 Å². The molecule has 0 unspecified atom stereocenters. The quantitative estimate of drug-likeness (QED) is 0.869. The van der Waals surface area contributed by atoms with E-state index in [1.807, 2.05) is 33.3 Å². The summed E-state index contributed by atoms with van der Waals surface area (Å²) in [7, 11) is 5.88. The number of nitrogens with one attached hydrogen (secondary N) is 1. The van der Waals surface area contributed by atoms with Crippen LogP contribution in [-0.4, -0.2) is 71.1 Å². The van der Waals surface area contributed by atoms with Crippen molar-refractivity contribution in [1.29, 1.82) is 0 Å². The summed E-state index contributed by atoms with van der Waals surface area (Å²) in [5.74, 6) is 1.48. The van der Waals surface area contributed by atoms with E-state index >= 15 is 0 Å². The van der Waals surface area contributed by atoms with Gasteiger partial charge in [-0.05, 0) is 44.6 Å². The minimum atomic E-state index is -0.123. The standard InChI is InChI=1S/C19H27N7O/c1-24(2)14-15-4-7-21-17(12-15)23-19(27)25(3)16-5-10-26(11-6-16)18-13-20-8-9-22-18/h4,7-9,12-13,16H,5-6,10-11,14H2,1-3H3,(H,21,23,27). The highest BCUT2D eigenvalue weighted by Gasteiger charge is 2.26. The maximum absolute atomic E-state index is 12.6. The molecular weight excluding hydrogens is 342 g/mol. The minimum absolute atomic E-state index is 0.123. The SMILES string of the molecule is CN(C)Cc1ccnc(NC(=O)N(C)C2CCN(c3cnccn3)CC2)c1. The first-order valence-electron chi connectivity index (χ1n) is 9.17. The molecule has 1 aliphatic heterocycles. The van der Waals surface area contributed by atoms with E-state index in [1.165, 1.54) is 0 Å². The van der Waals surface area contributed by atoms with Gasteiger partial charge in [0.1, 0.15) is 11.6 Å². The highest BCUT2D eigenvalue weighted by molar-refractivity contribution is 5.88. The van der Waals surface area contributed by atoms with Gasteiger partial charge in [0.05, 0.1) is 6.20 Å². The number of carbonyl (C=O) groups is 1. The maximum Gasteiger partial charge on any atom is 0.323 e. The molecule has 3 rings (SSSR count). The van der Waals surface area contributed by atoms with E-state index < -0.39 is 0 Å². The van der Waals surface area contributed by atoms with Gasteiger partial charge in [-0.1, -0.05) is 0 Å². The first-order valence-corrected chi connectivity index (χ1v) is 9.17. The summed E-state index contributed by atoms with van der Waals surface area (Å²) >= 11 is 0. The van der Waals surface area contributed by atoms with Crippen LogP contribution in [0.25, 0.3) is 0 Å². The van der Waals surface area contributed by atoms with E-state index in [0.29, 0.717) is 5.82 Å². The van der Waals surface area contributed by atoms with E-state index in [2.05, 4.69) is 30.1 Å². The largest absolute Gasteiger partial charge is 0.355 e. The predicted octanol–water partition coefficient (Wildman–Crippen LogP) is 2.07. The van der Waals surface area contributed by atoms with Crippen molar-refractivity contribution in [3.63, 3.8) is 0 Å². The van der Waals surface area contributed by atoms with Crippen LogP contribution in [0.15, 0.2) is 36.9 Å². The monoisotopic (exact) mass is 369 g/mol. The van der Waals surface area contributed by atoms with Crippen LogP contribution in [0, 0.1) is 0 Å². The normalized spacial score (nSPS) is 15.0. The van der Waals surface area contributed by atoms with Crippen LogP contribution >= 0.6 is 0 Å². The van der Waals surface area contributed by atoms with Crippen molar-refractivity contribution < 1.29 is 4.79 Å². The van der Waals surface area contributed by atoms with E-state index in [4.69, 9.17) is 0 Å². The number of urea groups is 1. The lowest BCUT2D eigenvalue weighted by molar-refractivity contribution is 0.193. The second kappa shape index (κ2) is 8.77. The summed E-state index contributed by atoms with van der Waals surface area (Å²) in [5, 5.41) is 2.92. The van der Waals surface area contributed by atoms with E-state index in [0.717, 1.165) is 43.9 Å². The van der Waals surface area contributed by atoms with Crippen LogP contribution in [0.1, 0.15) is 18.4 Å². The number of hydrogen-bond acceptors (Lipinski definition) is 6. The van der Waals surface area contributed by atoms with Crippen molar-refractivity contribution in [3.8, 4) is 0 Å². The Morgan fingerprint density at radius 3 is 2.63 bits per heavy atom. The smallest absolute Gasteiger partial charge is 0.323 e. The summed E-state index contributed by atoms with van der Waals surface area (Å²) in [6.07, 6.45) is 8.69. The van der Waals surface area contributed by atoms with Crippen molar-refractivity contribution in [2.75, 3.05) is 44.4 Å². The zero-order valence-electron chi connectivity index (χ0n) is 16.2. The first kappa shape index (κ1) is 19.0. The molecule has 2 aromatic heterocycles. The third-order valence-electron chi connectivity index (χ3n) is 4.76. The lowest BCUT2D eigenvalue weighted by Gasteiger charge is -2.37. The summed E-state index contributed by atoms with van der Waals surface area (Å²) in [5.41, 5.74) is 1.12. The third kappa shape index (κ3) is 5.13.